The largest absolute Gasteiger partial charge is 0.377 e. The van der Waals surface area contributed by atoms with Gasteiger partial charge in [0.15, 0.2) is 10.6 Å². The second-order valence-electron chi connectivity index (χ2n) is 3.59. The Morgan fingerprint density at radius 2 is 2.12 bits per heavy atom. The average molecular weight is 270 g/mol. The van der Waals surface area contributed by atoms with Crippen LogP contribution < -0.4 is 0 Å². The van der Waals surface area contributed by atoms with Crippen LogP contribution in [0.1, 0.15) is 11.4 Å². The van der Waals surface area contributed by atoms with E-state index in [0.29, 0.717) is 17.9 Å². The molecule has 4 nitrogen and oxygen atoms in total. The third-order valence-electron chi connectivity index (χ3n) is 2.36. The molecule has 0 amide bonds. The number of methoxy groups -OCH3 is 1. The maximum Gasteiger partial charge on any atom is 0.195 e. The summed E-state index contributed by atoms with van der Waals surface area (Å²) in [6.07, 6.45) is 0. The van der Waals surface area contributed by atoms with Gasteiger partial charge in [0.1, 0.15) is 6.61 Å². The highest BCUT2D eigenvalue weighted by Crippen LogP contribution is 2.12. The predicted octanol–water partition coefficient (Wildman–Crippen LogP) is 2.79. The Kier molecular flexibility index (Phi) is 3.93. The summed E-state index contributed by atoms with van der Waals surface area (Å²) in [4.78, 5) is 0. The van der Waals surface area contributed by atoms with E-state index in [4.69, 9.17) is 28.6 Å². The molecule has 0 spiro atoms. The van der Waals surface area contributed by atoms with Crippen molar-refractivity contribution in [3.05, 3.63) is 45.4 Å². The maximum atomic E-state index is 5.84. The first kappa shape index (κ1) is 12.3. The molecule has 1 N–H and O–H groups in total. The van der Waals surface area contributed by atoms with Crippen LogP contribution in [-0.2, 0) is 17.9 Å². The molecule has 0 atom stereocenters. The number of aromatic nitrogens is 3. The summed E-state index contributed by atoms with van der Waals surface area (Å²) >= 11 is 11.0. The summed E-state index contributed by atoms with van der Waals surface area (Å²) in [6.45, 7) is 1.09. The number of nitrogens with one attached hydrogen (secondary N) is 1. The van der Waals surface area contributed by atoms with Gasteiger partial charge in [0.05, 0.1) is 6.54 Å². The fourth-order valence-corrected chi connectivity index (χ4v) is 1.87. The van der Waals surface area contributed by atoms with Crippen molar-refractivity contribution in [1.82, 2.24) is 14.8 Å². The monoisotopic (exact) mass is 269 g/mol. The highest BCUT2D eigenvalue weighted by Gasteiger charge is 2.06. The Morgan fingerprint density at radius 3 is 2.76 bits per heavy atom. The summed E-state index contributed by atoms with van der Waals surface area (Å²) in [5.41, 5.74) is 1.12. The molecule has 1 aromatic heterocycles. The van der Waals surface area contributed by atoms with Crippen molar-refractivity contribution in [3.63, 3.8) is 0 Å². The molecule has 0 aliphatic rings. The van der Waals surface area contributed by atoms with Gasteiger partial charge in [0.25, 0.3) is 0 Å². The van der Waals surface area contributed by atoms with Crippen molar-refractivity contribution in [1.29, 1.82) is 0 Å². The van der Waals surface area contributed by atoms with Crippen LogP contribution >= 0.6 is 23.8 Å². The number of hydrogen-bond donors (Lipinski definition) is 1. The summed E-state index contributed by atoms with van der Waals surface area (Å²) in [6, 6.07) is 7.65. The highest BCUT2D eigenvalue weighted by molar-refractivity contribution is 7.71. The average Bonchev–Trinajstić information content (AvgIpc) is 2.65. The maximum absolute atomic E-state index is 5.84. The van der Waals surface area contributed by atoms with Crippen LogP contribution in [0.5, 0.6) is 0 Å². The van der Waals surface area contributed by atoms with Gasteiger partial charge in [0.2, 0.25) is 0 Å². The van der Waals surface area contributed by atoms with Crippen molar-refractivity contribution in [2.45, 2.75) is 13.2 Å². The van der Waals surface area contributed by atoms with Crippen LogP contribution in [0.25, 0.3) is 0 Å². The molecule has 90 valence electrons. The Hall–Kier alpha value is -1.17. The lowest BCUT2D eigenvalue weighted by molar-refractivity contribution is 0.174. The van der Waals surface area contributed by atoms with E-state index in [0.717, 1.165) is 16.4 Å². The quantitative estimate of drug-likeness (QED) is 0.868. The first-order valence-corrected chi connectivity index (χ1v) is 5.87. The molecular weight excluding hydrogens is 258 g/mol. The lowest BCUT2D eigenvalue weighted by atomic mass is 10.2. The molecule has 0 radical (unpaired) electrons. The Balaban J connectivity index is 2.26. The zero-order valence-corrected chi connectivity index (χ0v) is 10.9. The molecule has 6 heteroatoms. The normalized spacial score (nSPS) is 10.7. The third-order valence-corrected chi connectivity index (χ3v) is 2.93. The molecular formula is C11H12ClN3OS. The molecule has 2 aromatic rings. The molecule has 0 fully saturated rings. The zero-order chi connectivity index (χ0) is 12.3. The van der Waals surface area contributed by atoms with Gasteiger partial charge in [-0.15, -0.1) is 0 Å². The van der Waals surface area contributed by atoms with Crippen LogP contribution in [0.3, 0.4) is 0 Å². The summed E-state index contributed by atoms with van der Waals surface area (Å²) < 4.78 is 7.56. The van der Waals surface area contributed by atoms with Crippen molar-refractivity contribution >= 4 is 23.8 Å². The van der Waals surface area contributed by atoms with Gasteiger partial charge in [-0.3, -0.25) is 9.67 Å². The molecule has 0 saturated carbocycles. The number of hydrogen-bond acceptors (Lipinski definition) is 3. The minimum Gasteiger partial charge on any atom is -0.377 e. The first-order chi connectivity index (χ1) is 8.20. The van der Waals surface area contributed by atoms with E-state index in [1.165, 1.54) is 0 Å². The van der Waals surface area contributed by atoms with E-state index >= 15 is 0 Å². The second kappa shape index (κ2) is 5.44. The van der Waals surface area contributed by atoms with E-state index in [2.05, 4.69) is 10.2 Å². The number of ether oxygens (including phenoxy) is 1. The lowest BCUT2D eigenvalue weighted by Gasteiger charge is -2.06. The van der Waals surface area contributed by atoms with Crippen LogP contribution in [-0.4, -0.2) is 21.9 Å². The fourth-order valence-electron chi connectivity index (χ4n) is 1.53. The zero-order valence-electron chi connectivity index (χ0n) is 9.31. The van der Waals surface area contributed by atoms with Gasteiger partial charge >= 0.3 is 0 Å². The molecule has 0 saturated heterocycles. The van der Waals surface area contributed by atoms with E-state index in [1.54, 1.807) is 7.11 Å². The predicted molar refractivity (Wildman–Crippen MR) is 68.7 cm³/mol. The molecule has 17 heavy (non-hydrogen) atoms. The van der Waals surface area contributed by atoms with Crippen LogP contribution in [0.2, 0.25) is 5.02 Å². The Morgan fingerprint density at radius 1 is 1.41 bits per heavy atom. The van der Waals surface area contributed by atoms with Gasteiger partial charge in [-0.25, -0.2) is 0 Å². The minimum absolute atomic E-state index is 0.431. The first-order valence-electron chi connectivity index (χ1n) is 5.08. The summed E-state index contributed by atoms with van der Waals surface area (Å²) in [7, 11) is 1.63. The standard InChI is InChI=1S/C11H12ClN3OS/c1-16-7-10-13-14-11(17)15(10)6-8-2-4-9(12)5-3-8/h2-5H,6-7H2,1H3,(H,14,17). The summed E-state index contributed by atoms with van der Waals surface area (Å²) in [5, 5.41) is 7.60. The lowest BCUT2D eigenvalue weighted by Crippen LogP contribution is -2.06. The van der Waals surface area contributed by atoms with E-state index in [-0.39, 0.29) is 0 Å². The van der Waals surface area contributed by atoms with Crippen LogP contribution in [0, 0.1) is 4.77 Å². The molecule has 0 bridgehead atoms. The van der Waals surface area contributed by atoms with Crippen LogP contribution in [0.15, 0.2) is 24.3 Å². The van der Waals surface area contributed by atoms with Crippen molar-refractivity contribution < 1.29 is 4.74 Å². The number of halogens is 1. The summed E-state index contributed by atoms with van der Waals surface area (Å²) in [5.74, 6) is 0.785. The minimum atomic E-state index is 0.431. The van der Waals surface area contributed by atoms with Crippen molar-refractivity contribution in [2.24, 2.45) is 0 Å². The van der Waals surface area contributed by atoms with Gasteiger partial charge in [0, 0.05) is 12.1 Å². The fraction of sp³-hybridized carbons (Fsp3) is 0.273. The third kappa shape index (κ3) is 2.94. The topological polar surface area (TPSA) is 42.8 Å². The number of H-pyrrole nitrogens is 1. The number of rotatable bonds is 4. The van der Waals surface area contributed by atoms with E-state index in [9.17, 15) is 0 Å². The van der Waals surface area contributed by atoms with E-state index in [1.807, 2.05) is 28.8 Å². The number of nitrogens with zero attached hydrogens (tertiary/aromatic N) is 2. The smallest absolute Gasteiger partial charge is 0.195 e. The van der Waals surface area contributed by atoms with E-state index < -0.39 is 0 Å². The molecule has 0 aliphatic carbocycles. The van der Waals surface area contributed by atoms with Crippen molar-refractivity contribution in [3.8, 4) is 0 Å². The van der Waals surface area contributed by atoms with Gasteiger partial charge < -0.3 is 4.74 Å². The Bertz CT molecular complexity index is 547. The van der Waals surface area contributed by atoms with Crippen LogP contribution in [0.4, 0.5) is 0 Å². The molecule has 2 rings (SSSR count). The molecule has 0 aliphatic heterocycles. The number of aromatic amines is 1. The van der Waals surface area contributed by atoms with Gasteiger partial charge in [-0.05, 0) is 29.9 Å². The van der Waals surface area contributed by atoms with Gasteiger partial charge in [-0.1, -0.05) is 23.7 Å². The molecule has 1 heterocycles. The number of benzene rings is 1. The van der Waals surface area contributed by atoms with Gasteiger partial charge in [-0.2, -0.15) is 5.10 Å². The van der Waals surface area contributed by atoms with Crippen molar-refractivity contribution in [2.75, 3.05) is 7.11 Å². The molecule has 0 unspecified atom stereocenters. The second-order valence-corrected chi connectivity index (χ2v) is 4.41. The SMILES string of the molecule is COCc1n[nH]c(=S)n1Cc1ccc(Cl)cc1. The molecule has 1 aromatic carbocycles. The Labute approximate surface area is 109 Å². The highest BCUT2D eigenvalue weighted by atomic mass is 35.5.